The van der Waals surface area contributed by atoms with Gasteiger partial charge in [-0.3, -0.25) is 0 Å². The van der Waals surface area contributed by atoms with Gasteiger partial charge in [0.25, 0.3) is 6.71 Å². The van der Waals surface area contributed by atoms with Crippen LogP contribution in [-0.2, 0) is 37.9 Å². The van der Waals surface area contributed by atoms with Gasteiger partial charge in [-0.1, -0.05) is 145 Å². The van der Waals surface area contributed by atoms with E-state index in [0.29, 0.717) is 0 Å². The topological polar surface area (TPSA) is 6.48 Å². The summed E-state index contributed by atoms with van der Waals surface area (Å²) in [5, 5.41) is 0. The molecule has 2 aliphatic heterocycles. The second-order valence-electron chi connectivity index (χ2n) is 26.7. The van der Waals surface area contributed by atoms with Crippen LogP contribution in [0.15, 0.2) is 97.1 Å². The standard InChI is InChI=1S/C64H73BN2/c1-38-30-55-57-56(31-38)67(40-21-23-45-46(33-40)59(4,5)25-24-58(45,2)3)54-37-50-48(61(8,9)27-29-63(50,12)13)35-52(54)65(57)51-34-47-49(62(10,11)28-26-60(47,6)7)36-53(51)66(55)39-20-22-44-42(32-39)41-18-16-17-19-43(41)64(44,14)15/h16-23,30-37H,24-29H2,1-15H3. The molecule has 6 aliphatic rings. The van der Waals surface area contributed by atoms with Crippen molar-refractivity contribution in [2.75, 3.05) is 9.80 Å². The van der Waals surface area contributed by atoms with Crippen molar-refractivity contribution in [3.63, 3.8) is 0 Å². The van der Waals surface area contributed by atoms with Gasteiger partial charge < -0.3 is 9.80 Å². The van der Waals surface area contributed by atoms with E-state index >= 15 is 0 Å². The lowest BCUT2D eigenvalue weighted by Crippen LogP contribution is -2.62. The largest absolute Gasteiger partial charge is 0.311 e. The molecule has 3 heteroatoms. The summed E-state index contributed by atoms with van der Waals surface area (Å²) in [7, 11) is 0. The lowest BCUT2D eigenvalue weighted by Gasteiger charge is -2.49. The van der Waals surface area contributed by atoms with E-state index in [1.54, 1.807) is 0 Å². The average molecular weight is 881 g/mol. The minimum Gasteiger partial charge on any atom is -0.311 e. The molecule has 0 bridgehead atoms. The molecule has 6 aromatic carbocycles. The molecule has 2 heterocycles. The molecule has 67 heavy (non-hydrogen) atoms. The zero-order chi connectivity index (χ0) is 47.3. The van der Waals surface area contributed by atoms with Crippen LogP contribution in [0.5, 0.6) is 0 Å². The fraction of sp³-hybridized carbons (Fsp3) is 0.438. The number of hydrogen-bond donors (Lipinski definition) is 0. The molecule has 0 atom stereocenters. The Kier molecular flexibility index (Phi) is 8.65. The summed E-state index contributed by atoms with van der Waals surface area (Å²) in [6.07, 6.45) is 7.15. The molecule has 12 rings (SSSR count). The highest BCUT2D eigenvalue weighted by molar-refractivity contribution is 7.00. The van der Waals surface area contributed by atoms with Crippen LogP contribution in [0.25, 0.3) is 11.1 Å². The number of hydrogen-bond acceptors (Lipinski definition) is 2. The zero-order valence-corrected chi connectivity index (χ0v) is 43.5. The smallest absolute Gasteiger partial charge is 0.252 e. The molecular formula is C64H73BN2. The predicted octanol–water partition coefficient (Wildman–Crippen LogP) is 15.4. The third-order valence-corrected chi connectivity index (χ3v) is 19.1. The molecule has 0 spiro atoms. The van der Waals surface area contributed by atoms with Crippen LogP contribution < -0.4 is 26.2 Å². The highest BCUT2D eigenvalue weighted by atomic mass is 15.2. The number of fused-ring (bicyclic) bond motifs is 10. The molecule has 0 saturated heterocycles. The molecule has 0 unspecified atom stereocenters. The van der Waals surface area contributed by atoms with Gasteiger partial charge >= 0.3 is 0 Å². The number of benzene rings is 6. The van der Waals surface area contributed by atoms with Crippen LogP contribution in [0.2, 0.25) is 0 Å². The maximum atomic E-state index is 2.73. The predicted molar refractivity (Wildman–Crippen MR) is 289 cm³/mol. The highest BCUT2D eigenvalue weighted by Crippen LogP contribution is 2.56. The van der Waals surface area contributed by atoms with Crippen LogP contribution in [0.1, 0.15) is 186 Å². The maximum absolute atomic E-state index is 2.73. The minimum atomic E-state index is -0.0586. The van der Waals surface area contributed by atoms with E-state index in [-0.39, 0.29) is 44.6 Å². The summed E-state index contributed by atoms with van der Waals surface area (Å²) in [5.41, 5.74) is 28.7. The van der Waals surface area contributed by atoms with Crippen LogP contribution >= 0.6 is 0 Å². The van der Waals surface area contributed by atoms with E-state index in [4.69, 9.17) is 0 Å². The maximum Gasteiger partial charge on any atom is 0.252 e. The molecule has 6 aromatic rings. The third kappa shape index (κ3) is 5.94. The van der Waals surface area contributed by atoms with Crippen molar-refractivity contribution in [3.8, 4) is 11.1 Å². The van der Waals surface area contributed by atoms with Crippen LogP contribution in [0.3, 0.4) is 0 Å². The first kappa shape index (κ1) is 43.3. The number of nitrogens with zero attached hydrogens (tertiary/aromatic N) is 2. The van der Waals surface area contributed by atoms with Gasteiger partial charge in [0.15, 0.2) is 0 Å². The van der Waals surface area contributed by atoms with E-state index in [1.165, 1.54) is 150 Å². The highest BCUT2D eigenvalue weighted by Gasteiger charge is 2.49. The Labute approximate surface area is 403 Å². The van der Waals surface area contributed by atoms with E-state index in [1.807, 2.05) is 0 Å². The van der Waals surface area contributed by atoms with Crippen molar-refractivity contribution < 1.29 is 0 Å². The van der Waals surface area contributed by atoms with Gasteiger partial charge in [0.1, 0.15) is 0 Å². The van der Waals surface area contributed by atoms with Crippen LogP contribution in [0, 0.1) is 6.92 Å². The Balaban J connectivity index is 1.20. The van der Waals surface area contributed by atoms with E-state index in [0.717, 1.165) is 0 Å². The Bertz CT molecular complexity index is 3150. The fourth-order valence-corrected chi connectivity index (χ4v) is 14.4. The molecule has 342 valence electrons. The molecule has 0 fully saturated rings. The molecule has 2 nitrogen and oxygen atoms in total. The molecule has 4 aliphatic carbocycles. The quantitative estimate of drug-likeness (QED) is 0.160. The number of aryl methyl sites for hydroxylation is 1. The fourth-order valence-electron chi connectivity index (χ4n) is 14.4. The molecular weight excluding hydrogens is 808 g/mol. The van der Waals surface area contributed by atoms with Crippen molar-refractivity contribution in [1.29, 1.82) is 0 Å². The zero-order valence-electron chi connectivity index (χ0n) is 43.5. The summed E-state index contributed by atoms with van der Waals surface area (Å²) in [6, 6.07) is 40.0. The second-order valence-corrected chi connectivity index (χ2v) is 26.7. The summed E-state index contributed by atoms with van der Waals surface area (Å²) in [6.45, 7) is 37.1. The van der Waals surface area contributed by atoms with Crippen molar-refractivity contribution in [3.05, 3.63) is 147 Å². The second kappa shape index (κ2) is 13.4. The molecule has 0 N–H and O–H groups in total. The van der Waals surface area contributed by atoms with Gasteiger partial charge in [-0.05, 0) is 204 Å². The molecule has 0 saturated carbocycles. The van der Waals surface area contributed by atoms with E-state index < -0.39 is 0 Å². The minimum absolute atomic E-state index is 0.0586. The molecule has 0 amide bonds. The third-order valence-electron chi connectivity index (χ3n) is 19.1. The van der Waals surface area contributed by atoms with Gasteiger partial charge in [-0.15, -0.1) is 0 Å². The van der Waals surface area contributed by atoms with E-state index in [2.05, 4.69) is 211 Å². The summed E-state index contributed by atoms with van der Waals surface area (Å²) in [4.78, 5) is 5.43. The Morgan fingerprint density at radius 2 is 0.746 bits per heavy atom. The molecule has 0 aromatic heterocycles. The van der Waals surface area contributed by atoms with Crippen molar-refractivity contribution in [2.24, 2.45) is 0 Å². The first-order valence-electron chi connectivity index (χ1n) is 25.8. The van der Waals surface area contributed by atoms with Crippen LogP contribution in [-0.4, -0.2) is 6.71 Å². The monoisotopic (exact) mass is 881 g/mol. The first-order valence-corrected chi connectivity index (χ1v) is 25.8. The Morgan fingerprint density at radius 3 is 1.24 bits per heavy atom. The van der Waals surface area contributed by atoms with Crippen molar-refractivity contribution in [1.82, 2.24) is 0 Å². The summed E-state index contributed by atoms with van der Waals surface area (Å²) < 4.78 is 0. The van der Waals surface area contributed by atoms with Crippen LogP contribution in [0.4, 0.5) is 34.1 Å². The van der Waals surface area contributed by atoms with Gasteiger partial charge in [0.05, 0.1) is 0 Å². The number of anilines is 6. The first-order chi connectivity index (χ1) is 31.3. The van der Waals surface area contributed by atoms with Gasteiger partial charge in [-0.25, -0.2) is 0 Å². The van der Waals surface area contributed by atoms with Crippen molar-refractivity contribution in [2.45, 2.75) is 180 Å². The Morgan fingerprint density at radius 1 is 0.358 bits per heavy atom. The average Bonchev–Trinajstić information content (AvgIpc) is 3.50. The lowest BCUT2D eigenvalue weighted by molar-refractivity contribution is 0.332. The Hall–Kier alpha value is -5.02. The normalized spacial score (nSPS) is 21.7. The number of rotatable bonds is 2. The SMILES string of the molecule is Cc1cc2c3c(c1)N(c1ccc4c(c1)C(C)(C)CCC4(C)C)c1cc4c(cc1B3c1cc3c(cc1N2c1ccc2c(c1)-c1ccccc1C2(C)C)C(C)(C)CCC3(C)C)C(C)(C)CCC4(C)C. The molecule has 0 radical (unpaired) electrons. The lowest BCUT2D eigenvalue weighted by atomic mass is 9.32. The summed E-state index contributed by atoms with van der Waals surface area (Å²) in [5.74, 6) is 0. The van der Waals surface area contributed by atoms with Gasteiger partial charge in [0.2, 0.25) is 0 Å². The van der Waals surface area contributed by atoms with Crippen molar-refractivity contribution >= 4 is 57.2 Å². The van der Waals surface area contributed by atoms with Gasteiger partial charge in [0, 0.05) is 39.5 Å². The van der Waals surface area contributed by atoms with Gasteiger partial charge in [-0.2, -0.15) is 0 Å². The summed E-state index contributed by atoms with van der Waals surface area (Å²) >= 11 is 0. The van der Waals surface area contributed by atoms with E-state index in [9.17, 15) is 0 Å².